The average molecular weight is 197 g/mol. The van der Waals surface area contributed by atoms with Crippen LogP contribution in [0.25, 0.3) is 0 Å². The summed E-state index contributed by atoms with van der Waals surface area (Å²) in [4.78, 5) is 24.7. The molecule has 0 N–H and O–H groups in total. The summed E-state index contributed by atoms with van der Waals surface area (Å²) < 4.78 is 1.50. The van der Waals surface area contributed by atoms with Gasteiger partial charge in [0.25, 0.3) is 0 Å². The van der Waals surface area contributed by atoms with Crippen LogP contribution >= 0.6 is 0 Å². The first-order valence-corrected chi connectivity index (χ1v) is 4.11. The molecule has 1 atom stereocenters. The fourth-order valence-electron chi connectivity index (χ4n) is 1.26. The van der Waals surface area contributed by atoms with E-state index in [1.54, 1.807) is 14.0 Å². The van der Waals surface area contributed by atoms with Gasteiger partial charge in [-0.1, -0.05) is 0 Å². The predicted molar refractivity (Wildman–Crippen MR) is 49.0 cm³/mol. The summed E-state index contributed by atoms with van der Waals surface area (Å²) in [5, 5.41) is 10.6. The molecule has 0 saturated carbocycles. The molecule has 1 heterocycles. The van der Waals surface area contributed by atoms with Crippen LogP contribution in [0.3, 0.4) is 0 Å². The van der Waals surface area contributed by atoms with Gasteiger partial charge in [0.1, 0.15) is 11.5 Å². The Morgan fingerprint density at radius 1 is 1.71 bits per heavy atom. The highest BCUT2D eigenvalue weighted by Gasteiger charge is 2.27. The van der Waals surface area contributed by atoms with Gasteiger partial charge >= 0.3 is 5.82 Å². The van der Waals surface area contributed by atoms with E-state index in [-0.39, 0.29) is 11.6 Å². The van der Waals surface area contributed by atoms with E-state index in [9.17, 15) is 14.9 Å². The maximum Gasteiger partial charge on any atom is 0.385 e. The van der Waals surface area contributed by atoms with Crippen molar-refractivity contribution in [3.63, 3.8) is 0 Å². The maximum absolute atomic E-state index is 11.1. The molecule has 1 rings (SSSR count). The third-order valence-corrected chi connectivity index (χ3v) is 2.16. The lowest BCUT2D eigenvalue weighted by Gasteiger charge is -2.06. The van der Waals surface area contributed by atoms with Crippen molar-refractivity contribution in [3.8, 4) is 0 Å². The molecule has 0 fully saturated rings. The second-order valence-corrected chi connectivity index (χ2v) is 3.15. The lowest BCUT2D eigenvalue weighted by atomic mass is 10.0. The number of Topliss-reactive ketones (excluding diaryl/α,β-unsaturated/α-hetero) is 1. The number of imidazole rings is 1. The third-order valence-electron chi connectivity index (χ3n) is 2.16. The van der Waals surface area contributed by atoms with Crippen LogP contribution in [0.4, 0.5) is 5.82 Å². The van der Waals surface area contributed by atoms with Crippen LogP contribution in [-0.4, -0.2) is 20.3 Å². The number of nitrogens with zero attached hydrogens (tertiary/aromatic N) is 3. The summed E-state index contributed by atoms with van der Waals surface area (Å²) in [6, 6.07) is 0. The molecule has 6 nitrogen and oxygen atoms in total. The summed E-state index contributed by atoms with van der Waals surface area (Å²) >= 11 is 0. The molecular formula is C8H11N3O3. The molecule has 0 aromatic carbocycles. The quantitative estimate of drug-likeness (QED) is 0.535. The molecule has 14 heavy (non-hydrogen) atoms. The number of hydrogen-bond donors (Lipinski definition) is 0. The summed E-state index contributed by atoms with van der Waals surface area (Å²) in [5.41, 5.74) is 0.350. The van der Waals surface area contributed by atoms with Crippen molar-refractivity contribution in [1.29, 1.82) is 0 Å². The minimum Gasteiger partial charge on any atom is -0.358 e. The third kappa shape index (κ3) is 1.63. The minimum atomic E-state index is -0.575. The van der Waals surface area contributed by atoms with Gasteiger partial charge in [-0.25, -0.2) is 0 Å². The molecule has 1 aromatic heterocycles. The number of aryl methyl sites for hydroxylation is 1. The van der Waals surface area contributed by atoms with E-state index in [2.05, 4.69) is 4.98 Å². The van der Waals surface area contributed by atoms with E-state index in [1.165, 1.54) is 17.8 Å². The van der Waals surface area contributed by atoms with Gasteiger partial charge in [-0.15, -0.1) is 0 Å². The van der Waals surface area contributed by atoms with Crippen LogP contribution in [0, 0.1) is 10.1 Å². The lowest BCUT2D eigenvalue weighted by Crippen LogP contribution is -2.10. The molecule has 0 amide bonds. The zero-order valence-electron chi connectivity index (χ0n) is 8.22. The molecule has 76 valence electrons. The number of nitro groups is 1. The monoisotopic (exact) mass is 197 g/mol. The van der Waals surface area contributed by atoms with Gasteiger partial charge in [-0.2, -0.15) is 0 Å². The van der Waals surface area contributed by atoms with E-state index >= 15 is 0 Å². The van der Waals surface area contributed by atoms with E-state index in [0.717, 1.165) is 0 Å². The topological polar surface area (TPSA) is 78.0 Å². The van der Waals surface area contributed by atoms with Crippen LogP contribution in [0.15, 0.2) is 6.33 Å². The first kappa shape index (κ1) is 10.4. The molecule has 0 bridgehead atoms. The molecular weight excluding hydrogens is 186 g/mol. The number of carbonyl (C=O) groups is 1. The van der Waals surface area contributed by atoms with E-state index in [4.69, 9.17) is 0 Å². The van der Waals surface area contributed by atoms with Gasteiger partial charge in [0.2, 0.25) is 6.33 Å². The smallest absolute Gasteiger partial charge is 0.358 e. The zero-order chi connectivity index (χ0) is 10.9. The highest BCUT2D eigenvalue weighted by Crippen LogP contribution is 2.24. The van der Waals surface area contributed by atoms with E-state index < -0.39 is 10.8 Å². The van der Waals surface area contributed by atoms with Crippen LogP contribution in [-0.2, 0) is 11.8 Å². The van der Waals surface area contributed by atoms with Crippen LogP contribution in [0.5, 0.6) is 0 Å². The van der Waals surface area contributed by atoms with Crippen molar-refractivity contribution in [2.45, 2.75) is 19.8 Å². The Bertz CT molecular complexity index is 383. The first-order chi connectivity index (χ1) is 6.45. The fraction of sp³-hybridized carbons (Fsp3) is 0.500. The standard InChI is InChI=1S/C8H11N3O3/c1-5(6(2)12)7-8(11(13)14)9-4-10(7)3/h4-5H,1-3H3. The molecule has 0 aliphatic heterocycles. The molecule has 0 saturated heterocycles. The molecule has 0 aliphatic carbocycles. The number of hydrogen-bond acceptors (Lipinski definition) is 4. The van der Waals surface area contributed by atoms with Crippen molar-refractivity contribution in [2.75, 3.05) is 0 Å². The summed E-state index contributed by atoms with van der Waals surface area (Å²) in [7, 11) is 1.63. The Morgan fingerprint density at radius 2 is 2.29 bits per heavy atom. The SMILES string of the molecule is CC(=O)C(C)c1c([N+](=O)[O-])ncn1C. The van der Waals surface area contributed by atoms with Crippen LogP contribution < -0.4 is 0 Å². The highest BCUT2D eigenvalue weighted by atomic mass is 16.6. The minimum absolute atomic E-state index is 0.114. The first-order valence-electron chi connectivity index (χ1n) is 4.11. The highest BCUT2D eigenvalue weighted by molar-refractivity contribution is 5.83. The second-order valence-electron chi connectivity index (χ2n) is 3.15. The normalized spacial score (nSPS) is 12.5. The molecule has 0 aliphatic rings. The zero-order valence-corrected chi connectivity index (χ0v) is 8.22. The van der Waals surface area contributed by atoms with Gasteiger partial charge in [-0.3, -0.25) is 4.79 Å². The Balaban J connectivity index is 3.24. The Morgan fingerprint density at radius 3 is 2.71 bits per heavy atom. The number of ketones is 1. The predicted octanol–water partition coefficient (Wildman–Crippen LogP) is 1.02. The average Bonchev–Trinajstić information content (AvgIpc) is 2.45. The van der Waals surface area contributed by atoms with Crippen molar-refractivity contribution < 1.29 is 9.72 Å². The van der Waals surface area contributed by atoms with Gasteiger partial charge in [0, 0.05) is 7.05 Å². The van der Waals surface area contributed by atoms with Gasteiger partial charge in [0.15, 0.2) is 0 Å². The van der Waals surface area contributed by atoms with Crippen molar-refractivity contribution in [1.82, 2.24) is 9.55 Å². The van der Waals surface area contributed by atoms with Gasteiger partial charge < -0.3 is 14.7 Å². The number of aromatic nitrogens is 2. The number of carbonyl (C=O) groups excluding carboxylic acids is 1. The molecule has 1 unspecified atom stereocenters. The van der Waals surface area contributed by atoms with Crippen molar-refractivity contribution in [3.05, 3.63) is 22.1 Å². The summed E-state index contributed by atoms with van der Waals surface area (Å²) in [6.45, 7) is 3.04. The molecule has 1 aromatic rings. The fourth-order valence-corrected chi connectivity index (χ4v) is 1.26. The number of rotatable bonds is 3. The van der Waals surface area contributed by atoms with Gasteiger partial charge in [0.05, 0.1) is 5.92 Å². The maximum atomic E-state index is 11.1. The Labute approximate surface area is 80.7 Å². The van der Waals surface area contributed by atoms with Gasteiger partial charge in [-0.05, 0) is 23.8 Å². The van der Waals surface area contributed by atoms with E-state index in [1.807, 2.05) is 0 Å². The van der Waals surface area contributed by atoms with E-state index in [0.29, 0.717) is 5.69 Å². The van der Waals surface area contributed by atoms with Crippen LogP contribution in [0.2, 0.25) is 0 Å². The molecule has 6 heteroatoms. The second kappa shape index (κ2) is 3.57. The Hall–Kier alpha value is -1.72. The van der Waals surface area contributed by atoms with Crippen molar-refractivity contribution in [2.24, 2.45) is 7.05 Å². The largest absolute Gasteiger partial charge is 0.385 e. The summed E-state index contributed by atoms with van der Waals surface area (Å²) in [5.74, 6) is -0.852. The molecule has 0 radical (unpaired) electrons. The summed E-state index contributed by atoms with van der Waals surface area (Å²) in [6.07, 6.45) is 1.34. The molecule has 0 spiro atoms. The van der Waals surface area contributed by atoms with Crippen LogP contribution in [0.1, 0.15) is 25.5 Å². The Kier molecular flexibility index (Phi) is 2.64. The van der Waals surface area contributed by atoms with Crippen molar-refractivity contribution >= 4 is 11.6 Å². The lowest BCUT2D eigenvalue weighted by molar-refractivity contribution is -0.390.